The number of hydrogen-bond acceptors (Lipinski definition) is 3. The molecule has 128 valence electrons. The fraction of sp³-hybridized carbons (Fsp3) is 0.350. The van der Waals surface area contributed by atoms with Crippen molar-refractivity contribution in [2.45, 2.75) is 39.2 Å². The topological polar surface area (TPSA) is 58.6 Å². The number of carbonyl (C=O) groups excluding carboxylic acids is 1. The van der Waals surface area contributed by atoms with Crippen LogP contribution in [0.15, 0.2) is 48.5 Å². The van der Waals surface area contributed by atoms with Gasteiger partial charge in [-0.25, -0.2) is 0 Å². The quantitative estimate of drug-likeness (QED) is 0.713. The Hall–Kier alpha value is -2.33. The van der Waals surface area contributed by atoms with E-state index in [4.69, 9.17) is 4.74 Å². The Labute approximate surface area is 143 Å². The van der Waals surface area contributed by atoms with E-state index >= 15 is 0 Å². The smallest absolute Gasteiger partial charge is 0.224 e. The first-order valence-electron chi connectivity index (χ1n) is 8.32. The summed E-state index contributed by atoms with van der Waals surface area (Å²) in [5.41, 5.74) is 2.57. The molecule has 4 nitrogen and oxygen atoms in total. The van der Waals surface area contributed by atoms with Crippen LogP contribution in [0, 0.1) is 6.92 Å². The number of anilines is 1. The minimum absolute atomic E-state index is 0.0429. The number of para-hydroxylation sites is 1. The minimum Gasteiger partial charge on any atom is -0.494 e. The van der Waals surface area contributed by atoms with Crippen LogP contribution < -0.4 is 10.1 Å². The van der Waals surface area contributed by atoms with Gasteiger partial charge in [-0.3, -0.25) is 4.79 Å². The number of unbranched alkanes of at least 4 members (excludes halogenated alkanes) is 1. The predicted octanol–water partition coefficient (Wildman–Crippen LogP) is 4.24. The third-order valence-electron chi connectivity index (χ3n) is 3.74. The number of ether oxygens (including phenoxy) is 1. The van der Waals surface area contributed by atoms with Gasteiger partial charge in [0.05, 0.1) is 12.7 Å². The molecule has 2 aromatic carbocycles. The SMILES string of the molecule is Cc1cccc(OCCCCC(=O)Nc2ccccc2C(C)O)c1. The summed E-state index contributed by atoms with van der Waals surface area (Å²) in [6, 6.07) is 15.3. The summed E-state index contributed by atoms with van der Waals surface area (Å²) in [5.74, 6) is 0.823. The first kappa shape index (κ1) is 18.0. The maximum Gasteiger partial charge on any atom is 0.224 e. The van der Waals surface area contributed by atoms with Gasteiger partial charge in [-0.1, -0.05) is 30.3 Å². The molecular weight excluding hydrogens is 302 g/mol. The highest BCUT2D eigenvalue weighted by atomic mass is 16.5. The lowest BCUT2D eigenvalue weighted by atomic mass is 10.1. The molecule has 1 atom stereocenters. The van der Waals surface area contributed by atoms with E-state index in [0.29, 0.717) is 18.7 Å². The summed E-state index contributed by atoms with van der Waals surface area (Å²) in [4.78, 5) is 12.0. The van der Waals surface area contributed by atoms with E-state index in [-0.39, 0.29) is 5.91 Å². The lowest BCUT2D eigenvalue weighted by Gasteiger charge is -2.13. The second-order valence-corrected chi connectivity index (χ2v) is 5.93. The second kappa shape index (κ2) is 9.08. The fourth-order valence-electron chi connectivity index (χ4n) is 2.47. The maximum atomic E-state index is 12.0. The van der Waals surface area contributed by atoms with Gasteiger partial charge >= 0.3 is 0 Å². The largest absolute Gasteiger partial charge is 0.494 e. The van der Waals surface area contributed by atoms with E-state index < -0.39 is 6.10 Å². The number of hydrogen-bond donors (Lipinski definition) is 2. The van der Waals surface area contributed by atoms with Crippen LogP contribution >= 0.6 is 0 Å². The molecule has 2 aromatic rings. The number of rotatable bonds is 8. The van der Waals surface area contributed by atoms with Crippen LogP contribution in [0.1, 0.15) is 43.4 Å². The molecule has 1 amide bonds. The Kier molecular flexibility index (Phi) is 6.82. The number of aryl methyl sites for hydroxylation is 1. The number of amides is 1. The average molecular weight is 327 g/mol. The van der Waals surface area contributed by atoms with Crippen LogP contribution in [-0.2, 0) is 4.79 Å². The van der Waals surface area contributed by atoms with Crippen molar-refractivity contribution in [1.82, 2.24) is 0 Å². The van der Waals surface area contributed by atoms with E-state index in [2.05, 4.69) is 5.32 Å². The van der Waals surface area contributed by atoms with Crippen LogP contribution in [0.4, 0.5) is 5.69 Å². The number of benzene rings is 2. The molecule has 2 rings (SSSR count). The van der Waals surface area contributed by atoms with Crippen LogP contribution in [-0.4, -0.2) is 17.6 Å². The lowest BCUT2D eigenvalue weighted by Crippen LogP contribution is -2.13. The highest BCUT2D eigenvalue weighted by Crippen LogP contribution is 2.22. The molecule has 0 saturated heterocycles. The summed E-state index contributed by atoms with van der Waals surface area (Å²) in [5, 5.41) is 12.6. The molecule has 0 heterocycles. The molecule has 0 fully saturated rings. The van der Waals surface area contributed by atoms with Gasteiger partial charge in [0.25, 0.3) is 0 Å². The molecular formula is C20H25NO3. The summed E-state index contributed by atoms with van der Waals surface area (Å²) in [6.07, 6.45) is 1.41. The van der Waals surface area contributed by atoms with Gasteiger partial charge in [0, 0.05) is 17.7 Å². The van der Waals surface area contributed by atoms with Crippen LogP contribution in [0.25, 0.3) is 0 Å². The van der Waals surface area contributed by atoms with E-state index in [1.807, 2.05) is 49.4 Å². The molecule has 0 radical (unpaired) electrons. The molecule has 0 saturated carbocycles. The fourth-order valence-corrected chi connectivity index (χ4v) is 2.47. The number of nitrogens with one attached hydrogen (secondary N) is 1. The van der Waals surface area contributed by atoms with Crippen molar-refractivity contribution < 1.29 is 14.6 Å². The summed E-state index contributed by atoms with van der Waals surface area (Å²) >= 11 is 0. The van der Waals surface area contributed by atoms with E-state index in [1.54, 1.807) is 13.0 Å². The van der Waals surface area contributed by atoms with Crippen molar-refractivity contribution in [2.75, 3.05) is 11.9 Å². The predicted molar refractivity (Wildman–Crippen MR) is 96.2 cm³/mol. The second-order valence-electron chi connectivity index (χ2n) is 5.93. The van der Waals surface area contributed by atoms with Crippen molar-refractivity contribution in [3.05, 3.63) is 59.7 Å². The van der Waals surface area contributed by atoms with Gasteiger partial charge in [-0.05, 0) is 50.5 Å². The molecule has 0 aliphatic rings. The van der Waals surface area contributed by atoms with Crippen LogP contribution in [0.5, 0.6) is 5.75 Å². The molecule has 24 heavy (non-hydrogen) atoms. The van der Waals surface area contributed by atoms with E-state index in [9.17, 15) is 9.90 Å². The number of carbonyl (C=O) groups is 1. The first-order valence-corrected chi connectivity index (χ1v) is 8.32. The summed E-state index contributed by atoms with van der Waals surface area (Å²) in [6.45, 7) is 4.32. The van der Waals surface area contributed by atoms with Gasteiger partial charge in [0.1, 0.15) is 5.75 Å². The number of aliphatic hydroxyl groups excluding tert-OH is 1. The van der Waals surface area contributed by atoms with Crippen LogP contribution in [0.3, 0.4) is 0 Å². The van der Waals surface area contributed by atoms with Crippen molar-refractivity contribution in [3.8, 4) is 5.75 Å². The third kappa shape index (κ3) is 5.70. The highest BCUT2D eigenvalue weighted by Gasteiger charge is 2.09. The van der Waals surface area contributed by atoms with E-state index in [1.165, 1.54) is 5.56 Å². The van der Waals surface area contributed by atoms with Gasteiger partial charge in [-0.2, -0.15) is 0 Å². The van der Waals surface area contributed by atoms with Gasteiger partial charge in [0.15, 0.2) is 0 Å². The maximum absolute atomic E-state index is 12.0. The zero-order valence-corrected chi connectivity index (χ0v) is 14.3. The molecule has 4 heteroatoms. The Balaban J connectivity index is 1.70. The van der Waals surface area contributed by atoms with E-state index in [0.717, 1.165) is 24.2 Å². The van der Waals surface area contributed by atoms with Crippen LogP contribution in [0.2, 0.25) is 0 Å². The molecule has 0 bridgehead atoms. The van der Waals surface area contributed by atoms with Crippen molar-refractivity contribution in [3.63, 3.8) is 0 Å². The Bertz CT molecular complexity index is 667. The minimum atomic E-state index is -0.607. The van der Waals surface area contributed by atoms with Crippen molar-refractivity contribution in [2.24, 2.45) is 0 Å². The molecule has 0 aliphatic carbocycles. The highest BCUT2D eigenvalue weighted by molar-refractivity contribution is 5.91. The van der Waals surface area contributed by atoms with Crippen molar-refractivity contribution in [1.29, 1.82) is 0 Å². The Morgan fingerprint density at radius 2 is 1.96 bits per heavy atom. The molecule has 0 aliphatic heterocycles. The molecule has 0 spiro atoms. The lowest BCUT2D eigenvalue weighted by molar-refractivity contribution is -0.116. The van der Waals surface area contributed by atoms with Gasteiger partial charge in [0.2, 0.25) is 5.91 Å². The zero-order chi connectivity index (χ0) is 17.4. The van der Waals surface area contributed by atoms with Gasteiger partial charge in [-0.15, -0.1) is 0 Å². The molecule has 0 aromatic heterocycles. The normalized spacial score (nSPS) is 11.8. The summed E-state index contributed by atoms with van der Waals surface area (Å²) < 4.78 is 5.67. The Morgan fingerprint density at radius 1 is 1.17 bits per heavy atom. The number of aliphatic hydroxyl groups is 1. The third-order valence-corrected chi connectivity index (χ3v) is 3.74. The van der Waals surface area contributed by atoms with Crippen molar-refractivity contribution >= 4 is 11.6 Å². The summed E-state index contributed by atoms with van der Waals surface area (Å²) in [7, 11) is 0. The molecule has 1 unspecified atom stereocenters. The zero-order valence-electron chi connectivity index (χ0n) is 14.3. The monoisotopic (exact) mass is 327 g/mol. The first-order chi connectivity index (χ1) is 11.6. The molecule has 2 N–H and O–H groups in total. The van der Waals surface area contributed by atoms with Gasteiger partial charge < -0.3 is 15.2 Å². The Morgan fingerprint density at radius 3 is 2.71 bits per heavy atom. The average Bonchev–Trinajstić information content (AvgIpc) is 2.55. The standard InChI is InChI=1S/C20H25NO3/c1-15-8-7-9-17(14-15)24-13-6-5-12-20(23)21-19-11-4-3-10-18(19)16(2)22/h3-4,7-11,14,16,22H,5-6,12-13H2,1-2H3,(H,21,23).